The molecule has 3 aromatic rings. The fourth-order valence-electron chi connectivity index (χ4n) is 2.95. The summed E-state index contributed by atoms with van der Waals surface area (Å²) in [7, 11) is 0. The maximum atomic E-state index is 12.5. The van der Waals surface area contributed by atoms with Gasteiger partial charge in [0, 0.05) is 19.4 Å². The van der Waals surface area contributed by atoms with Crippen LogP contribution in [0.1, 0.15) is 12.0 Å². The number of aromatic nitrogens is 2. The van der Waals surface area contributed by atoms with Crippen molar-refractivity contribution in [3.8, 4) is 5.75 Å². The van der Waals surface area contributed by atoms with E-state index in [0.717, 1.165) is 4.57 Å². The standard InChI is InChI=1S/C20H19N3O6/c24-13-7-5-12(6-8-13)11-16(19(27)28)21-17(25)9-10-23-18(26)14-3-1-2-4-15(14)22-20(23)29/h1-8,16,24H,9-11H2,(H,21,25)(H,22,29)(H,27,28). The Kier molecular flexibility index (Phi) is 5.77. The van der Waals surface area contributed by atoms with Crippen molar-refractivity contribution in [3.63, 3.8) is 0 Å². The van der Waals surface area contributed by atoms with Crippen LogP contribution in [0, 0.1) is 0 Å². The van der Waals surface area contributed by atoms with Crippen LogP contribution >= 0.6 is 0 Å². The third-order valence-corrected chi connectivity index (χ3v) is 4.46. The highest BCUT2D eigenvalue weighted by atomic mass is 16.4. The fraction of sp³-hybridized carbons (Fsp3) is 0.200. The van der Waals surface area contributed by atoms with E-state index in [2.05, 4.69) is 10.3 Å². The number of nitrogens with one attached hydrogen (secondary N) is 2. The van der Waals surface area contributed by atoms with Gasteiger partial charge in [0.25, 0.3) is 5.56 Å². The van der Waals surface area contributed by atoms with Crippen LogP contribution in [0.2, 0.25) is 0 Å². The number of para-hydroxylation sites is 1. The van der Waals surface area contributed by atoms with Crippen LogP contribution in [-0.4, -0.2) is 37.7 Å². The molecule has 0 spiro atoms. The average molecular weight is 397 g/mol. The van der Waals surface area contributed by atoms with Crippen molar-refractivity contribution in [2.45, 2.75) is 25.4 Å². The summed E-state index contributed by atoms with van der Waals surface area (Å²) in [6, 6.07) is 11.3. The molecule has 1 atom stereocenters. The van der Waals surface area contributed by atoms with Crippen LogP contribution in [0.25, 0.3) is 10.9 Å². The average Bonchev–Trinajstić information content (AvgIpc) is 2.69. The number of aromatic hydroxyl groups is 1. The number of carbonyl (C=O) groups is 2. The molecule has 150 valence electrons. The van der Waals surface area contributed by atoms with E-state index >= 15 is 0 Å². The lowest BCUT2D eigenvalue weighted by Gasteiger charge is -2.15. The Balaban J connectivity index is 1.69. The number of carbonyl (C=O) groups excluding carboxylic acids is 1. The van der Waals surface area contributed by atoms with Crippen LogP contribution in [0.3, 0.4) is 0 Å². The molecule has 0 bridgehead atoms. The summed E-state index contributed by atoms with van der Waals surface area (Å²) >= 11 is 0. The third kappa shape index (κ3) is 4.70. The Morgan fingerprint density at radius 2 is 1.76 bits per heavy atom. The monoisotopic (exact) mass is 397 g/mol. The number of aromatic amines is 1. The predicted octanol–water partition coefficient (Wildman–Crippen LogP) is 0.598. The van der Waals surface area contributed by atoms with Crippen molar-refractivity contribution in [3.05, 3.63) is 74.9 Å². The number of aliphatic carboxylic acids is 1. The Labute approximate surface area is 164 Å². The second-order valence-corrected chi connectivity index (χ2v) is 6.51. The first-order valence-corrected chi connectivity index (χ1v) is 8.87. The normalized spacial score (nSPS) is 11.9. The van der Waals surface area contributed by atoms with E-state index in [0.29, 0.717) is 16.5 Å². The Hall–Kier alpha value is -3.88. The van der Waals surface area contributed by atoms with Crippen LogP contribution in [0.5, 0.6) is 5.75 Å². The van der Waals surface area contributed by atoms with Crippen molar-refractivity contribution in [2.24, 2.45) is 0 Å². The molecular formula is C20H19N3O6. The number of benzene rings is 2. The zero-order chi connectivity index (χ0) is 21.0. The number of H-pyrrole nitrogens is 1. The van der Waals surface area contributed by atoms with Gasteiger partial charge in [-0.3, -0.25) is 14.2 Å². The maximum Gasteiger partial charge on any atom is 0.328 e. The first-order valence-electron chi connectivity index (χ1n) is 8.87. The van der Waals surface area contributed by atoms with Gasteiger partial charge < -0.3 is 20.5 Å². The Bertz CT molecular complexity index is 1160. The van der Waals surface area contributed by atoms with Crippen LogP contribution in [0.4, 0.5) is 0 Å². The van der Waals surface area contributed by atoms with Gasteiger partial charge in [0.15, 0.2) is 0 Å². The van der Waals surface area contributed by atoms with Crippen molar-refractivity contribution >= 4 is 22.8 Å². The quantitative estimate of drug-likeness (QED) is 0.460. The molecule has 0 fully saturated rings. The molecule has 9 heteroatoms. The number of hydrogen-bond acceptors (Lipinski definition) is 5. The molecule has 29 heavy (non-hydrogen) atoms. The zero-order valence-corrected chi connectivity index (χ0v) is 15.3. The minimum absolute atomic E-state index is 0.0257. The van der Waals surface area contributed by atoms with Crippen LogP contribution in [0.15, 0.2) is 58.1 Å². The molecule has 1 heterocycles. The molecule has 1 unspecified atom stereocenters. The molecule has 0 aliphatic heterocycles. The molecule has 0 saturated carbocycles. The van der Waals surface area contributed by atoms with Gasteiger partial charge in [0.2, 0.25) is 5.91 Å². The number of carboxylic acid groups (broad SMARTS) is 1. The van der Waals surface area contributed by atoms with E-state index in [1.807, 2.05) is 0 Å². The largest absolute Gasteiger partial charge is 0.508 e. The number of fused-ring (bicyclic) bond motifs is 1. The first-order chi connectivity index (χ1) is 13.8. The summed E-state index contributed by atoms with van der Waals surface area (Å²) in [4.78, 5) is 50.8. The summed E-state index contributed by atoms with van der Waals surface area (Å²) < 4.78 is 0.914. The SMILES string of the molecule is O=C(CCn1c(=O)[nH]c2ccccc2c1=O)NC(Cc1ccc(O)cc1)C(=O)O. The number of phenols is 1. The summed E-state index contributed by atoms with van der Waals surface area (Å²) in [5.74, 6) is -1.77. The smallest absolute Gasteiger partial charge is 0.328 e. The van der Waals surface area contributed by atoms with Crippen molar-refractivity contribution in [2.75, 3.05) is 0 Å². The van der Waals surface area contributed by atoms with E-state index in [1.165, 1.54) is 12.1 Å². The molecule has 1 amide bonds. The van der Waals surface area contributed by atoms with E-state index in [4.69, 9.17) is 0 Å². The van der Waals surface area contributed by atoms with Gasteiger partial charge in [-0.15, -0.1) is 0 Å². The zero-order valence-electron chi connectivity index (χ0n) is 15.3. The predicted molar refractivity (Wildman–Crippen MR) is 105 cm³/mol. The highest BCUT2D eigenvalue weighted by Gasteiger charge is 2.20. The molecule has 0 radical (unpaired) electrons. The summed E-state index contributed by atoms with van der Waals surface area (Å²) in [5, 5.41) is 21.4. The van der Waals surface area contributed by atoms with E-state index in [1.54, 1.807) is 36.4 Å². The third-order valence-electron chi connectivity index (χ3n) is 4.46. The number of phenolic OH excluding ortho intramolecular Hbond substituents is 1. The molecule has 0 aliphatic rings. The summed E-state index contributed by atoms with van der Waals surface area (Å²) in [6.07, 6.45) is -0.210. The van der Waals surface area contributed by atoms with Gasteiger partial charge in [-0.1, -0.05) is 24.3 Å². The molecule has 1 aromatic heterocycles. The lowest BCUT2D eigenvalue weighted by Crippen LogP contribution is -2.43. The Morgan fingerprint density at radius 3 is 2.45 bits per heavy atom. The lowest BCUT2D eigenvalue weighted by atomic mass is 10.1. The molecule has 0 aliphatic carbocycles. The highest BCUT2D eigenvalue weighted by molar-refractivity contribution is 5.83. The first kappa shape index (κ1) is 19.9. The highest BCUT2D eigenvalue weighted by Crippen LogP contribution is 2.11. The minimum atomic E-state index is -1.22. The number of amides is 1. The van der Waals surface area contributed by atoms with Crippen molar-refractivity contribution in [1.29, 1.82) is 0 Å². The van der Waals surface area contributed by atoms with Gasteiger partial charge in [-0.05, 0) is 29.8 Å². The van der Waals surface area contributed by atoms with Crippen LogP contribution in [-0.2, 0) is 22.6 Å². The topological polar surface area (TPSA) is 141 Å². The van der Waals surface area contributed by atoms with Crippen molar-refractivity contribution in [1.82, 2.24) is 14.9 Å². The molecule has 3 rings (SSSR count). The number of nitrogens with zero attached hydrogens (tertiary/aromatic N) is 1. The van der Waals surface area contributed by atoms with E-state index in [9.17, 15) is 29.4 Å². The summed E-state index contributed by atoms with van der Waals surface area (Å²) in [5.41, 5.74) is -0.128. The van der Waals surface area contributed by atoms with E-state index < -0.39 is 29.2 Å². The molecule has 2 aromatic carbocycles. The van der Waals surface area contributed by atoms with Gasteiger partial charge in [-0.2, -0.15) is 0 Å². The second kappa shape index (κ2) is 8.42. The van der Waals surface area contributed by atoms with Gasteiger partial charge in [-0.25, -0.2) is 9.59 Å². The maximum absolute atomic E-state index is 12.5. The number of rotatable bonds is 7. The number of carboxylic acids is 1. The molecule has 9 nitrogen and oxygen atoms in total. The van der Waals surface area contributed by atoms with Gasteiger partial charge in [0.1, 0.15) is 11.8 Å². The fourth-order valence-corrected chi connectivity index (χ4v) is 2.95. The molecular weight excluding hydrogens is 378 g/mol. The Morgan fingerprint density at radius 1 is 1.07 bits per heavy atom. The van der Waals surface area contributed by atoms with E-state index in [-0.39, 0.29) is 25.1 Å². The molecule has 4 N–H and O–H groups in total. The second-order valence-electron chi connectivity index (χ2n) is 6.51. The van der Waals surface area contributed by atoms with Crippen molar-refractivity contribution < 1.29 is 19.8 Å². The molecule has 0 saturated heterocycles. The van der Waals surface area contributed by atoms with Gasteiger partial charge in [0.05, 0.1) is 10.9 Å². The van der Waals surface area contributed by atoms with Gasteiger partial charge >= 0.3 is 11.7 Å². The minimum Gasteiger partial charge on any atom is -0.508 e. The van der Waals surface area contributed by atoms with Crippen LogP contribution < -0.4 is 16.6 Å². The number of hydrogen-bond donors (Lipinski definition) is 4. The lowest BCUT2D eigenvalue weighted by molar-refractivity contribution is -0.141. The summed E-state index contributed by atoms with van der Waals surface area (Å²) in [6.45, 7) is -0.184.